The lowest BCUT2D eigenvalue weighted by Crippen LogP contribution is -2.35. The summed E-state index contributed by atoms with van der Waals surface area (Å²) in [7, 11) is 0. The molecule has 0 aliphatic carbocycles. The number of hydrogen-bond donors (Lipinski definition) is 2. The van der Waals surface area contributed by atoms with Crippen molar-refractivity contribution in [1.82, 2.24) is 19.9 Å². The van der Waals surface area contributed by atoms with Crippen molar-refractivity contribution >= 4 is 17.5 Å². The Balaban J connectivity index is 1.81. The first kappa shape index (κ1) is 13.1. The fourth-order valence-electron chi connectivity index (χ4n) is 2.44. The Morgan fingerprint density at radius 1 is 1.45 bits per heavy atom. The van der Waals surface area contributed by atoms with Crippen molar-refractivity contribution in [2.45, 2.75) is 19.5 Å². The zero-order chi connectivity index (χ0) is 14.1. The molecule has 3 rings (SSSR count). The van der Waals surface area contributed by atoms with Crippen molar-refractivity contribution in [3.63, 3.8) is 0 Å². The summed E-state index contributed by atoms with van der Waals surface area (Å²) in [5.41, 5.74) is 7.92. The summed E-state index contributed by atoms with van der Waals surface area (Å²) in [6.07, 6.45) is 4.11. The van der Waals surface area contributed by atoms with Gasteiger partial charge >= 0.3 is 0 Å². The normalized spacial score (nSPS) is 15.1. The molecule has 1 aliphatic rings. The number of nitrogens with zero attached hydrogens (tertiary/aromatic N) is 3. The van der Waals surface area contributed by atoms with Gasteiger partial charge < -0.3 is 5.73 Å². The molecule has 3 N–H and O–H groups in total. The van der Waals surface area contributed by atoms with E-state index in [1.165, 1.54) is 0 Å². The Morgan fingerprint density at radius 3 is 3.10 bits per heavy atom. The number of rotatable bonds is 2. The Kier molecular flexibility index (Phi) is 3.42. The third kappa shape index (κ3) is 2.66. The van der Waals surface area contributed by atoms with Gasteiger partial charge in [-0.1, -0.05) is 11.6 Å². The average molecular weight is 292 g/mol. The van der Waals surface area contributed by atoms with Crippen molar-refractivity contribution in [2.24, 2.45) is 0 Å². The van der Waals surface area contributed by atoms with Crippen molar-refractivity contribution in [2.75, 3.05) is 12.3 Å². The first-order chi connectivity index (χ1) is 9.61. The first-order valence-electron chi connectivity index (χ1n) is 6.31. The molecule has 0 spiro atoms. The van der Waals surface area contributed by atoms with E-state index in [9.17, 15) is 4.79 Å². The van der Waals surface area contributed by atoms with E-state index < -0.39 is 0 Å². The fraction of sp³-hybridized carbons (Fsp3) is 0.308. The first-order valence-corrected chi connectivity index (χ1v) is 6.69. The molecule has 0 aromatic carbocycles. The van der Waals surface area contributed by atoms with Crippen molar-refractivity contribution < 1.29 is 0 Å². The molecule has 104 valence electrons. The highest BCUT2D eigenvalue weighted by atomic mass is 35.5. The van der Waals surface area contributed by atoms with Crippen molar-refractivity contribution in [3.05, 3.63) is 50.7 Å². The summed E-state index contributed by atoms with van der Waals surface area (Å²) in [5.74, 6) is 0.182. The van der Waals surface area contributed by atoms with Crippen molar-refractivity contribution in [1.29, 1.82) is 0 Å². The highest BCUT2D eigenvalue weighted by Gasteiger charge is 2.20. The van der Waals surface area contributed by atoms with E-state index in [0.29, 0.717) is 23.7 Å². The van der Waals surface area contributed by atoms with Gasteiger partial charge in [-0.3, -0.25) is 19.7 Å². The predicted molar refractivity (Wildman–Crippen MR) is 76.3 cm³/mol. The van der Waals surface area contributed by atoms with Crippen LogP contribution in [0.4, 0.5) is 5.95 Å². The zero-order valence-corrected chi connectivity index (χ0v) is 11.5. The molecule has 0 unspecified atom stereocenters. The lowest BCUT2D eigenvalue weighted by atomic mass is 10.1. The number of hydrogen-bond acceptors (Lipinski definition) is 5. The highest BCUT2D eigenvalue weighted by molar-refractivity contribution is 6.30. The standard InChI is InChI=1S/C13H14ClN5O/c14-9-3-8(4-16-5-9)6-19-2-1-11-10(7-19)12(20)18-13(15)17-11/h3-5H,1-2,6-7H2,(H3,15,17,18,20). The molecule has 0 atom stereocenters. The molecule has 20 heavy (non-hydrogen) atoms. The number of nitrogens with two attached hydrogens (primary N) is 1. The van der Waals surface area contributed by atoms with E-state index in [1.54, 1.807) is 12.4 Å². The van der Waals surface area contributed by atoms with Crippen molar-refractivity contribution in [3.8, 4) is 0 Å². The molecule has 6 nitrogen and oxygen atoms in total. The van der Waals surface area contributed by atoms with Crippen LogP contribution in [-0.2, 0) is 19.5 Å². The summed E-state index contributed by atoms with van der Waals surface area (Å²) in [5, 5.41) is 0.618. The maximum atomic E-state index is 11.9. The van der Waals surface area contributed by atoms with Gasteiger partial charge in [0.1, 0.15) is 0 Å². The van der Waals surface area contributed by atoms with Crippen LogP contribution in [-0.4, -0.2) is 26.4 Å². The van der Waals surface area contributed by atoms with Gasteiger partial charge in [0.05, 0.1) is 16.3 Å². The van der Waals surface area contributed by atoms with Crippen LogP contribution < -0.4 is 11.3 Å². The van der Waals surface area contributed by atoms with Crippen LogP contribution in [0.25, 0.3) is 0 Å². The number of aromatic nitrogens is 3. The van der Waals surface area contributed by atoms with Crippen LogP contribution in [0.2, 0.25) is 5.02 Å². The van der Waals surface area contributed by atoms with Gasteiger partial charge in [0.15, 0.2) is 0 Å². The summed E-state index contributed by atoms with van der Waals surface area (Å²) in [4.78, 5) is 24.9. The molecule has 0 fully saturated rings. The van der Waals surface area contributed by atoms with Gasteiger partial charge in [0, 0.05) is 38.4 Å². The second kappa shape index (κ2) is 5.22. The number of nitrogens with one attached hydrogen (secondary N) is 1. The van der Waals surface area contributed by atoms with Crippen LogP contribution in [0.5, 0.6) is 0 Å². The number of fused-ring (bicyclic) bond motifs is 1. The van der Waals surface area contributed by atoms with E-state index in [0.717, 1.165) is 24.2 Å². The molecule has 1 aliphatic heterocycles. The molecule has 0 bridgehead atoms. The molecule has 0 saturated carbocycles. The monoisotopic (exact) mass is 291 g/mol. The SMILES string of the molecule is Nc1nc2c(c(=O)[nH]1)CN(Cc1cncc(Cl)c1)CC2. The van der Waals surface area contributed by atoms with Gasteiger partial charge in [-0.2, -0.15) is 0 Å². The molecule has 2 aromatic heterocycles. The van der Waals surface area contributed by atoms with Crippen LogP contribution >= 0.6 is 11.6 Å². The summed E-state index contributed by atoms with van der Waals surface area (Å²) < 4.78 is 0. The second-order valence-corrected chi connectivity index (χ2v) is 5.28. The summed E-state index contributed by atoms with van der Waals surface area (Å²) >= 11 is 5.93. The Bertz CT molecular complexity index is 699. The van der Waals surface area contributed by atoms with E-state index in [1.807, 2.05) is 6.07 Å². The minimum absolute atomic E-state index is 0.151. The molecular formula is C13H14ClN5O. The lowest BCUT2D eigenvalue weighted by Gasteiger charge is -2.27. The van der Waals surface area contributed by atoms with E-state index in [2.05, 4.69) is 19.9 Å². The molecule has 7 heteroatoms. The number of pyridine rings is 1. The topological polar surface area (TPSA) is 87.9 Å². The molecule has 3 heterocycles. The number of aromatic amines is 1. The molecule has 0 saturated heterocycles. The van der Waals surface area contributed by atoms with Gasteiger partial charge in [-0.15, -0.1) is 0 Å². The molecule has 0 radical (unpaired) electrons. The number of anilines is 1. The van der Waals surface area contributed by atoms with E-state index in [-0.39, 0.29) is 11.5 Å². The Hall–Kier alpha value is -1.92. The quantitative estimate of drug-likeness (QED) is 0.860. The fourth-order valence-corrected chi connectivity index (χ4v) is 2.63. The number of halogens is 1. The van der Waals surface area contributed by atoms with E-state index >= 15 is 0 Å². The minimum atomic E-state index is -0.151. The van der Waals surface area contributed by atoms with Gasteiger partial charge in [0.25, 0.3) is 5.56 Å². The third-order valence-corrected chi connectivity index (χ3v) is 3.54. The maximum absolute atomic E-state index is 11.9. The Morgan fingerprint density at radius 2 is 2.30 bits per heavy atom. The van der Waals surface area contributed by atoms with Gasteiger partial charge in [-0.25, -0.2) is 4.98 Å². The largest absolute Gasteiger partial charge is 0.369 e. The smallest absolute Gasteiger partial charge is 0.257 e. The van der Waals surface area contributed by atoms with Gasteiger partial charge in [0.2, 0.25) is 5.95 Å². The number of H-pyrrole nitrogens is 1. The van der Waals surface area contributed by atoms with Crippen LogP contribution in [0.1, 0.15) is 16.8 Å². The molecule has 2 aromatic rings. The molecule has 0 amide bonds. The molecular weight excluding hydrogens is 278 g/mol. The Labute approximate surface area is 120 Å². The van der Waals surface area contributed by atoms with Gasteiger partial charge in [-0.05, 0) is 11.6 Å². The third-order valence-electron chi connectivity index (χ3n) is 3.33. The summed E-state index contributed by atoms with van der Waals surface area (Å²) in [6, 6.07) is 1.88. The zero-order valence-electron chi connectivity index (χ0n) is 10.8. The lowest BCUT2D eigenvalue weighted by molar-refractivity contribution is 0.241. The summed E-state index contributed by atoms with van der Waals surface area (Å²) in [6.45, 7) is 2.09. The average Bonchev–Trinajstić information content (AvgIpc) is 2.39. The second-order valence-electron chi connectivity index (χ2n) is 4.85. The number of nitrogen functional groups attached to an aromatic ring is 1. The maximum Gasteiger partial charge on any atom is 0.257 e. The van der Waals surface area contributed by atoms with E-state index in [4.69, 9.17) is 17.3 Å². The minimum Gasteiger partial charge on any atom is -0.369 e. The van der Waals surface area contributed by atoms with Crippen LogP contribution in [0.3, 0.4) is 0 Å². The predicted octanol–water partition coefficient (Wildman–Crippen LogP) is 0.959. The van der Waals surface area contributed by atoms with Crippen LogP contribution in [0.15, 0.2) is 23.3 Å². The highest BCUT2D eigenvalue weighted by Crippen LogP contribution is 2.17. The van der Waals surface area contributed by atoms with Crippen LogP contribution in [0, 0.1) is 0 Å².